The van der Waals surface area contributed by atoms with E-state index in [0.29, 0.717) is 16.7 Å². The van der Waals surface area contributed by atoms with Crippen LogP contribution in [0.4, 0.5) is 17.5 Å². The van der Waals surface area contributed by atoms with Gasteiger partial charge in [-0.05, 0) is 44.5 Å². The molecule has 28 heavy (non-hydrogen) atoms. The van der Waals surface area contributed by atoms with Crippen molar-refractivity contribution in [3.8, 4) is 5.75 Å². The highest BCUT2D eigenvalue weighted by Gasteiger charge is 2.16. The lowest BCUT2D eigenvalue weighted by Gasteiger charge is -2.27. The zero-order valence-electron chi connectivity index (χ0n) is 16.6. The lowest BCUT2D eigenvalue weighted by Crippen LogP contribution is -2.32. The van der Waals surface area contributed by atoms with Gasteiger partial charge in [-0.1, -0.05) is 41.9 Å². The van der Waals surface area contributed by atoms with Gasteiger partial charge in [0.2, 0.25) is 5.95 Å². The first-order valence-corrected chi connectivity index (χ1v) is 9.61. The maximum atomic E-state index is 6.23. The Balaban J connectivity index is 1.87. The standard InChI is InChI=1S/C22H25ClN4O/c1-15(2)27(14-17-8-6-5-7-9-17)22-24-16(3)12-21(26-22)25-18-10-11-20(28-4)19(23)13-18/h5-13,15H,14H2,1-4H3,(H,24,25,26). The molecule has 5 nitrogen and oxygen atoms in total. The minimum absolute atomic E-state index is 0.255. The van der Waals surface area contributed by atoms with Gasteiger partial charge in [0.1, 0.15) is 11.6 Å². The van der Waals surface area contributed by atoms with Crippen LogP contribution in [0, 0.1) is 6.92 Å². The Bertz CT molecular complexity index is 931. The number of rotatable bonds is 7. The average molecular weight is 397 g/mol. The summed E-state index contributed by atoms with van der Waals surface area (Å²) in [6.45, 7) is 7.00. The molecule has 146 valence electrons. The summed E-state index contributed by atoms with van der Waals surface area (Å²) < 4.78 is 5.21. The minimum atomic E-state index is 0.255. The van der Waals surface area contributed by atoms with E-state index in [4.69, 9.17) is 21.3 Å². The van der Waals surface area contributed by atoms with Crippen LogP contribution >= 0.6 is 11.6 Å². The SMILES string of the molecule is COc1ccc(Nc2cc(C)nc(N(Cc3ccccc3)C(C)C)n2)cc1Cl. The van der Waals surface area contributed by atoms with Crippen molar-refractivity contribution < 1.29 is 4.74 Å². The Morgan fingerprint density at radius 1 is 1.07 bits per heavy atom. The van der Waals surface area contributed by atoms with Crippen LogP contribution in [0.3, 0.4) is 0 Å². The molecule has 0 aliphatic rings. The molecule has 3 aromatic rings. The quantitative estimate of drug-likeness (QED) is 0.562. The second-order valence-corrected chi connectivity index (χ2v) is 7.28. The van der Waals surface area contributed by atoms with Crippen LogP contribution in [0.5, 0.6) is 5.75 Å². The number of hydrogen-bond donors (Lipinski definition) is 1. The third-order valence-corrected chi connectivity index (χ3v) is 4.64. The van der Waals surface area contributed by atoms with Crippen molar-refractivity contribution in [1.29, 1.82) is 0 Å². The normalized spacial score (nSPS) is 10.8. The first-order valence-electron chi connectivity index (χ1n) is 9.23. The molecule has 1 heterocycles. The van der Waals surface area contributed by atoms with E-state index >= 15 is 0 Å². The van der Waals surface area contributed by atoms with E-state index in [0.717, 1.165) is 23.7 Å². The van der Waals surface area contributed by atoms with Crippen molar-refractivity contribution in [2.75, 3.05) is 17.3 Å². The van der Waals surface area contributed by atoms with Gasteiger partial charge in [0.05, 0.1) is 12.1 Å². The van der Waals surface area contributed by atoms with Crippen molar-refractivity contribution >= 4 is 29.1 Å². The molecular formula is C22H25ClN4O. The summed E-state index contributed by atoms with van der Waals surface area (Å²) in [6, 6.07) is 18.1. The van der Waals surface area contributed by atoms with Crippen LogP contribution in [0.15, 0.2) is 54.6 Å². The summed E-state index contributed by atoms with van der Waals surface area (Å²) in [5, 5.41) is 3.86. The van der Waals surface area contributed by atoms with Crippen LogP contribution in [0.2, 0.25) is 5.02 Å². The summed E-state index contributed by atoms with van der Waals surface area (Å²) in [4.78, 5) is 11.6. The zero-order valence-corrected chi connectivity index (χ0v) is 17.4. The average Bonchev–Trinajstić information content (AvgIpc) is 2.66. The number of nitrogens with zero attached hydrogens (tertiary/aromatic N) is 3. The molecule has 0 amide bonds. The molecule has 1 N–H and O–H groups in total. The molecule has 0 spiro atoms. The van der Waals surface area contributed by atoms with E-state index in [-0.39, 0.29) is 6.04 Å². The summed E-state index contributed by atoms with van der Waals surface area (Å²) in [7, 11) is 1.60. The Hall–Kier alpha value is -2.79. The highest BCUT2D eigenvalue weighted by molar-refractivity contribution is 6.32. The topological polar surface area (TPSA) is 50.3 Å². The van der Waals surface area contributed by atoms with Crippen LogP contribution in [0.1, 0.15) is 25.1 Å². The third kappa shape index (κ3) is 4.93. The monoisotopic (exact) mass is 396 g/mol. The molecule has 0 radical (unpaired) electrons. The molecule has 0 saturated carbocycles. The first kappa shape index (κ1) is 20.0. The Labute approximate surface area is 171 Å². The van der Waals surface area contributed by atoms with E-state index in [2.05, 4.69) is 41.2 Å². The van der Waals surface area contributed by atoms with Crippen LogP contribution in [0.25, 0.3) is 0 Å². The second kappa shape index (κ2) is 8.93. The maximum Gasteiger partial charge on any atom is 0.228 e. The number of benzene rings is 2. The van der Waals surface area contributed by atoms with Crippen molar-refractivity contribution in [3.05, 3.63) is 70.9 Å². The summed E-state index contributed by atoms with van der Waals surface area (Å²) in [5.74, 6) is 2.06. The molecule has 0 saturated heterocycles. The highest BCUT2D eigenvalue weighted by Crippen LogP contribution is 2.29. The highest BCUT2D eigenvalue weighted by atomic mass is 35.5. The van der Waals surface area contributed by atoms with Crippen LogP contribution < -0.4 is 15.0 Å². The predicted molar refractivity (Wildman–Crippen MR) is 116 cm³/mol. The number of aromatic nitrogens is 2. The number of nitrogens with one attached hydrogen (secondary N) is 1. The van der Waals surface area contributed by atoms with Gasteiger partial charge in [-0.15, -0.1) is 0 Å². The molecule has 0 aliphatic carbocycles. The molecule has 0 bridgehead atoms. The van der Waals surface area contributed by atoms with Crippen molar-refractivity contribution in [2.45, 2.75) is 33.4 Å². The van der Waals surface area contributed by atoms with Gasteiger partial charge >= 0.3 is 0 Å². The molecule has 0 fully saturated rings. The predicted octanol–water partition coefficient (Wildman–Crippen LogP) is 5.61. The number of halogens is 1. The number of anilines is 3. The van der Waals surface area contributed by atoms with E-state index < -0.39 is 0 Å². The Kier molecular flexibility index (Phi) is 6.37. The molecule has 3 rings (SSSR count). The summed E-state index contributed by atoms with van der Waals surface area (Å²) in [6.07, 6.45) is 0. The fourth-order valence-electron chi connectivity index (χ4n) is 2.90. The number of methoxy groups -OCH3 is 1. The Morgan fingerprint density at radius 2 is 1.82 bits per heavy atom. The van der Waals surface area contributed by atoms with Crippen molar-refractivity contribution in [1.82, 2.24) is 9.97 Å². The molecule has 0 unspecified atom stereocenters. The van der Waals surface area contributed by atoms with E-state index in [1.54, 1.807) is 7.11 Å². The fraction of sp³-hybridized carbons (Fsp3) is 0.273. The van der Waals surface area contributed by atoms with Gasteiger partial charge in [0.15, 0.2) is 0 Å². The van der Waals surface area contributed by atoms with E-state index in [1.807, 2.05) is 49.4 Å². The molecular weight excluding hydrogens is 372 g/mol. The van der Waals surface area contributed by atoms with Gasteiger partial charge in [0, 0.05) is 30.0 Å². The third-order valence-electron chi connectivity index (χ3n) is 4.34. The lowest BCUT2D eigenvalue weighted by molar-refractivity contribution is 0.415. The molecule has 2 aromatic carbocycles. The summed E-state index contributed by atoms with van der Waals surface area (Å²) in [5.41, 5.74) is 2.96. The first-order chi connectivity index (χ1) is 13.5. The Morgan fingerprint density at radius 3 is 2.46 bits per heavy atom. The summed E-state index contributed by atoms with van der Waals surface area (Å²) >= 11 is 6.23. The van der Waals surface area contributed by atoms with Crippen LogP contribution in [-0.2, 0) is 6.54 Å². The van der Waals surface area contributed by atoms with E-state index in [1.165, 1.54) is 5.56 Å². The van der Waals surface area contributed by atoms with Gasteiger partial charge < -0.3 is 15.0 Å². The maximum absolute atomic E-state index is 6.23. The largest absolute Gasteiger partial charge is 0.495 e. The molecule has 0 aliphatic heterocycles. The second-order valence-electron chi connectivity index (χ2n) is 6.88. The van der Waals surface area contributed by atoms with Crippen molar-refractivity contribution in [3.63, 3.8) is 0 Å². The van der Waals surface area contributed by atoms with Crippen LogP contribution in [-0.4, -0.2) is 23.1 Å². The lowest BCUT2D eigenvalue weighted by atomic mass is 10.2. The van der Waals surface area contributed by atoms with Gasteiger partial charge in [0.25, 0.3) is 0 Å². The molecule has 1 aromatic heterocycles. The van der Waals surface area contributed by atoms with Gasteiger partial charge in [-0.3, -0.25) is 0 Å². The number of hydrogen-bond acceptors (Lipinski definition) is 5. The smallest absolute Gasteiger partial charge is 0.228 e. The number of ether oxygens (including phenoxy) is 1. The fourth-order valence-corrected chi connectivity index (χ4v) is 3.16. The van der Waals surface area contributed by atoms with Crippen molar-refractivity contribution in [2.24, 2.45) is 0 Å². The van der Waals surface area contributed by atoms with Gasteiger partial charge in [-0.25, -0.2) is 4.98 Å². The van der Waals surface area contributed by atoms with Gasteiger partial charge in [-0.2, -0.15) is 4.98 Å². The van der Waals surface area contributed by atoms with E-state index in [9.17, 15) is 0 Å². The number of aryl methyl sites for hydroxylation is 1. The minimum Gasteiger partial charge on any atom is -0.495 e. The molecule has 6 heteroatoms. The zero-order chi connectivity index (χ0) is 20.1. The molecule has 0 atom stereocenters.